The normalized spacial score (nSPS) is 9.56. The first-order valence-corrected chi connectivity index (χ1v) is 3.08. The monoisotopic (exact) mass is 161 g/mol. The molecule has 0 unspecified atom stereocenters. The lowest BCUT2D eigenvalue weighted by molar-refractivity contribution is 0.355. The molecule has 0 N–H and O–H groups in total. The van der Waals surface area contributed by atoms with Crippen LogP contribution in [0.2, 0.25) is 10.0 Å². The van der Waals surface area contributed by atoms with Gasteiger partial charge in [-0.25, -0.2) is 0 Å². The van der Waals surface area contributed by atoms with Gasteiger partial charge < -0.3 is 0 Å². The molecule has 0 fully saturated rings. The fourth-order valence-electron chi connectivity index (χ4n) is 0.484. The van der Waals surface area contributed by atoms with Crippen molar-refractivity contribution in [1.82, 2.24) is 0 Å². The van der Waals surface area contributed by atoms with Crippen LogP contribution in [-0.4, -0.2) is 0 Å². The summed E-state index contributed by atoms with van der Waals surface area (Å²) >= 11 is 10.9. The van der Waals surface area contributed by atoms with Crippen LogP contribution in [-0.2, 0) is 5.11 Å². The van der Waals surface area contributed by atoms with Crippen LogP contribution in [0.4, 0.5) is 0 Å². The highest BCUT2D eigenvalue weighted by Gasteiger charge is 2.01. The highest BCUT2D eigenvalue weighted by atomic mass is 35.5. The van der Waals surface area contributed by atoms with Crippen LogP contribution in [0.25, 0.3) is 0 Å². The Hall–Kier alpha value is -0.400. The number of hydrogen-bond donors (Lipinski definition) is 0. The summed E-state index contributed by atoms with van der Waals surface area (Å²) in [5, 5.41) is 11.0. The van der Waals surface area contributed by atoms with E-state index in [9.17, 15) is 5.11 Å². The fraction of sp³-hybridized carbons (Fsp3) is 0. The molecule has 0 aliphatic heterocycles. The van der Waals surface area contributed by atoms with Crippen LogP contribution in [0, 0.1) is 0 Å². The molecule has 1 aromatic carbocycles. The molecule has 0 bridgehead atoms. The van der Waals surface area contributed by atoms with Crippen molar-refractivity contribution >= 4 is 23.2 Å². The molecule has 0 atom stereocenters. The predicted molar refractivity (Wildman–Crippen MR) is 36.6 cm³/mol. The molecule has 1 rings (SSSR count). The minimum atomic E-state index is -0.232. The van der Waals surface area contributed by atoms with E-state index in [0.717, 1.165) is 0 Å². The van der Waals surface area contributed by atoms with Gasteiger partial charge in [0, 0.05) is 0 Å². The molecule has 0 aliphatic rings. The van der Waals surface area contributed by atoms with E-state index in [4.69, 9.17) is 23.2 Å². The van der Waals surface area contributed by atoms with Gasteiger partial charge in [-0.15, -0.1) is 0 Å². The average Bonchev–Trinajstić information content (AvgIpc) is 1.83. The molecule has 3 heteroatoms. The van der Waals surface area contributed by atoms with Gasteiger partial charge in [-0.1, -0.05) is 29.3 Å². The maximum absolute atomic E-state index is 10.6. The van der Waals surface area contributed by atoms with Crippen molar-refractivity contribution in [1.29, 1.82) is 0 Å². The van der Waals surface area contributed by atoms with E-state index in [1.807, 2.05) is 0 Å². The van der Waals surface area contributed by atoms with Gasteiger partial charge in [-0.05, 0) is 12.1 Å². The number of hydrogen-bond acceptors (Lipinski definition) is 0. The first kappa shape index (κ1) is 6.72. The Morgan fingerprint density at radius 2 is 1.89 bits per heavy atom. The van der Waals surface area contributed by atoms with Crippen LogP contribution in [0.15, 0.2) is 18.2 Å². The molecule has 0 saturated carbocycles. The average molecular weight is 162 g/mol. The molecule has 0 aliphatic carbocycles. The van der Waals surface area contributed by atoms with Crippen LogP contribution in [0.3, 0.4) is 0 Å². The second-order valence-corrected chi connectivity index (χ2v) is 2.34. The minimum Gasteiger partial charge on any atom is -0.288 e. The Kier molecular flexibility index (Phi) is 1.84. The zero-order chi connectivity index (χ0) is 6.85. The zero-order valence-corrected chi connectivity index (χ0v) is 5.91. The Labute approximate surface area is 62.8 Å². The Morgan fingerprint density at radius 1 is 1.22 bits per heavy atom. The summed E-state index contributed by atoms with van der Waals surface area (Å²) in [4.78, 5) is 0. The van der Waals surface area contributed by atoms with E-state index < -0.39 is 0 Å². The van der Waals surface area contributed by atoms with Crippen molar-refractivity contribution in [3.63, 3.8) is 0 Å². The number of halogens is 2. The summed E-state index contributed by atoms with van der Waals surface area (Å²) < 4.78 is 0. The van der Waals surface area contributed by atoms with Crippen molar-refractivity contribution in [2.75, 3.05) is 0 Å². The van der Waals surface area contributed by atoms with Crippen LogP contribution < -0.4 is 0 Å². The Balaban J connectivity index is 3.25. The molecule has 0 saturated heterocycles. The molecule has 0 heterocycles. The summed E-state index contributed by atoms with van der Waals surface area (Å²) in [5.74, 6) is -0.232. The van der Waals surface area contributed by atoms with Gasteiger partial charge in [0.15, 0.2) is 5.75 Å². The summed E-state index contributed by atoms with van der Waals surface area (Å²) in [6.07, 6.45) is 0. The summed E-state index contributed by atoms with van der Waals surface area (Å²) in [6, 6.07) is 4.51. The molecule has 0 amide bonds. The summed E-state index contributed by atoms with van der Waals surface area (Å²) in [6.45, 7) is 0. The van der Waals surface area contributed by atoms with Gasteiger partial charge in [-0.3, -0.25) is 5.11 Å². The lowest BCUT2D eigenvalue weighted by atomic mass is 10.3. The van der Waals surface area contributed by atoms with Gasteiger partial charge in [0.05, 0.1) is 5.02 Å². The topological polar surface area (TPSA) is 19.9 Å². The van der Waals surface area contributed by atoms with E-state index in [1.54, 1.807) is 12.1 Å². The largest absolute Gasteiger partial charge is 0.288 e. The molecule has 9 heavy (non-hydrogen) atoms. The van der Waals surface area contributed by atoms with E-state index in [2.05, 4.69) is 0 Å². The van der Waals surface area contributed by atoms with E-state index in [1.165, 1.54) is 6.07 Å². The third kappa shape index (κ3) is 1.29. The molecule has 0 spiro atoms. The van der Waals surface area contributed by atoms with Gasteiger partial charge in [0.2, 0.25) is 0 Å². The summed E-state index contributed by atoms with van der Waals surface area (Å²) in [7, 11) is 0. The van der Waals surface area contributed by atoms with Crippen LogP contribution >= 0.6 is 23.2 Å². The van der Waals surface area contributed by atoms with E-state index in [0.29, 0.717) is 5.02 Å². The lowest BCUT2D eigenvalue weighted by Gasteiger charge is -1.92. The molecule has 1 aromatic rings. The fourth-order valence-corrected chi connectivity index (χ4v) is 0.776. The standard InChI is InChI=1S/C6H3Cl2O/c7-4-2-1-3-5(9)6(4)8/h1-3H. The quantitative estimate of drug-likeness (QED) is 0.558. The van der Waals surface area contributed by atoms with Crippen molar-refractivity contribution in [3.8, 4) is 5.75 Å². The number of rotatable bonds is 0. The van der Waals surface area contributed by atoms with Gasteiger partial charge in [0.1, 0.15) is 5.02 Å². The van der Waals surface area contributed by atoms with Crippen LogP contribution in [0.5, 0.6) is 5.75 Å². The molecule has 1 nitrogen and oxygen atoms in total. The van der Waals surface area contributed by atoms with Crippen LogP contribution in [0.1, 0.15) is 0 Å². The highest BCUT2D eigenvalue weighted by molar-refractivity contribution is 6.42. The van der Waals surface area contributed by atoms with E-state index in [-0.39, 0.29) is 10.8 Å². The molecular weight excluding hydrogens is 159 g/mol. The van der Waals surface area contributed by atoms with Crippen molar-refractivity contribution in [2.45, 2.75) is 0 Å². The van der Waals surface area contributed by atoms with Gasteiger partial charge in [0.25, 0.3) is 0 Å². The zero-order valence-electron chi connectivity index (χ0n) is 4.40. The maximum Gasteiger partial charge on any atom is 0.198 e. The molecular formula is C6H3Cl2O. The smallest absolute Gasteiger partial charge is 0.198 e. The van der Waals surface area contributed by atoms with Gasteiger partial charge in [-0.2, -0.15) is 0 Å². The lowest BCUT2D eigenvalue weighted by Crippen LogP contribution is -1.66. The maximum atomic E-state index is 10.6. The number of benzene rings is 1. The van der Waals surface area contributed by atoms with Crippen molar-refractivity contribution in [2.24, 2.45) is 0 Å². The molecule has 1 radical (unpaired) electrons. The molecule has 47 valence electrons. The van der Waals surface area contributed by atoms with Gasteiger partial charge >= 0.3 is 0 Å². The van der Waals surface area contributed by atoms with E-state index >= 15 is 0 Å². The third-order valence-corrected chi connectivity index (χ3v) is 1.72. The third-order valence-electron chi connectivity index (χ3n) is 0.916. The second-order valence-electron chi connectivity index (χ2n) is 1.55. The predicted octanol–water partition coefficient (Wildman–Crippen LogP) is 3.14. The highest BCUT2D eigenvalue weighted by Crippen LogP contribution is 2.30. The van der Waals surface area contributed by atoms with Crippen molar-refractivity contribution < 1.29 is 5.11 Å². The second kappa shape index (κ2) is 2.46. The Bertz CT molecular complexity index is 202. The Morgan fingerprint density at radius 3 is 2.33 bits per heavy atom. The summed E-state index contributed by atoms with van der Waals surface area (Å²) in [5.41, 5.74) is 0. The molecule has 0 aromatic heterocycles. The SMILES string of the molecule is [O]c1cccc(Cl)c1Cl. The first-order valence-electron chi connectivity index (χ1n) is 2.33. The van der Waals surface area contributed by atoms with Crippen molar-refractivity contribution in [3.05, 3.63) is 28.2 Å². The first-order chi connectivity index (χ1) is 4.22. The minimum absolute atomic E-state index is 0.0965.